The van der Waals surface area contributed by atoms with Gasteiger partial charge in [0.1, 0.15) is 0 Å². The first-order valence-corrected chi connectivity index (χ1v) is 6.45. The Balaban J connectivity index is 2.78. The lowest BCUT2D eigenvalue weighted by molar-refractivity contribution is 0.240. The van der Waals surface area contributed by atoms with Gasteiger partial charge in [-0.25, -0.2) is 0 Å². The van der Waals surface area contributed by atoms with E-state index in [-0.39, 0.29) is 12.5 Å². The SMILES string of the molecule is CCC(CC)CC(CO)c1ccccc1Cl. The molecule has 1 unspecified atom stereocenters. The summed E-state index contributed by atoms with van der Waals surface area (Å²) in [4.78, 5) is 0. The third kappa shape index (κ3) is 3.50. The maximum atomic E-state index is 9.49. The molecule has 0 aliphatic heterocycles. The van der Waals surface area contributed by atoms with Crippen LogP contribution in [-0.4, -0.2) is 11.7 Å². The Morgan fingerprint density at radius 3 is 2.31 bits per heavy atom. The Bertz CT molecular complexity index is 307. The molecule has 0 heterocycles. The highest BCUT2D eigenvalue weighted by molar-refractivity contribution is 6.31. The van der Waals surface area contributed by atoms with Crippen LogP contribution in [0.3, 0.4) is 0 Å². The molecule has 1 rings (SSSR count). The number of halogens is 1. The van der Waals surface area contributed by atoms with Gasteiger partial charge in [0, 0.05) is 17.5 Å². The van der Waals surface area contributed by atoms with Gasteiger partial charge in [-0.2, -0.15) is 0 Å². The lowest BCUT2D eigenvalue weighted by Gasteiger charge is -2.21. The van der Waals surface area contributed by atoms with Crippen LogP contribution in [0.5, 0.6) is 0 Å². The molecule has 1 aromatic rings. The second kappa shape index (κ2) is 6.93. The van der Waals surface area contributed by atoms with E-state index in [4.69, 9.17) is 11.6 Å². The van der Waals surface area contributed by atoms with Crippen molar-refractivity contribution in [2.45, 2.75) is 39.0 Å². The molecule has 0 saturated heterocycles. The van der Waals surface area contributed by atoms with Crippen LogP contribution in [-0.2, 0) is 0 Å². The van der Waals surface area contributed by atoms with Crippen LogP contribution in [0.2, 0.25) is 5.02 Å². The molecule has 1 aromatic carbocycles. The maximum absolute atomic E-state index is 9.49. The molecule has 2 heteroatoms. The van der Waals surface area contributed by atoms with Crippen molar-refractivity contribution < 1.29 is 5.11 Å². The molecule has 0 bridgehead atoms. The summed E-state index contributed by atoms with van der Waals surface area (Å²) in [6.45, 7) is 4.59. The zero-order valence-corrected chi connectivity index (χ0v) is 10.9. The van der Waals surface area contributed by atoms with Gasteiger partial charge < -0.3 is 5.11 Å². The van der Waals surface area contributed by atoms with E-state index in [1.807, 2.05) is 24.3 Å². The van der Waals surface area contributed by atoms with Crippen molar-refractivity contribution in [1.29, 1.82) is 0 Å². The molecule has 0 aliphatic rings. The number of hydrogen-bond acceptors (Lipinski definition) is 1. The van der Waals surface area contributed by atoms with Gasteiger partial charge in [-0.3, -0.25) is 0 Å². The van der Waals surface area contributed by atoms with Crippen molar-refractivity contribution >= 4 is 11.6 Å². The summed E-state index contributed by atoms with van der Waals surface area (Å²) < 4.78 is 0. The van der Waals surface area contributed by atoms with E-state index in [2.05, 4.69) is 13.8 Å². The lowest BCUT2D eigenvalue weighted by atomic mass is 9.87. The second-order valence-corrected chi connectivity index (χ2v) is 4.73. The van der Waals surface area contributed by atoms with E-state index in [0.29, 0.717) is 5.92 Å². The van der Waals surface area contributed by atoms with E-state index in [1.165, 1.54) is 0 Å². The first-order valence-electron chi connectivity index (χ1n) is 6.08. The van der Waals surface area contributed by atoms with Crippen molar-refractivity contribution in [3.63, 3.8) is 0 Å². The summed E-state index contributed by atoms with van der Waals surface area (Å²) in [5.41, 5.74) is 1.08. The molecule has 1 N–H and O–H groups in total. The summed E-state index contributed by atoms with van der Waals surface area (Å²) >= 11 is 6.16. The van der Waals surface area contributed by atoms with E-state index >= 15 is 0 Å². The third-order valence-electron chi connectivity index (χ3n) is 3.34. The van der Waals surface area contributed by atoms with Crippen LogP contribution in [0.1, 0.15) is 44.6 Å². The molecule has 0 amide bonds. The molecule has 0 spiro atoms. The zero-order valence-electron chi connectivity index (χ0n) is 10.1. The second-order valence-electron chi connectivity index (χ2n) is 4.32. The van der Waals surface area contributed by atoms with Crippen LogP contribution in [0.15, 0.2) is 24.3 Å². The van der Waals surface area contributed by atoms with Crippen LogP contribution in [0, 0.1) is 5.92 Å². The smallest absolute Gasteiger partial charge is 0.0500 e. The van der Waals surface area contributed by atoms with E-state index < -0.39 is 0 Å². The Kier molecular flexibility index (Phi) is 5.86. The van der Waals surface area contributed by atoms with Crippen molar-refractivity contribution in [2.24, 2.45) is 5.92 Å². The largest absolute Gasteiger partial charge is 0.396 e. The molecule has 0 radical (unpaired) electrons. The van der Waals surface area contributed by atoms with Gasteiger partial charge in [0.05, 0.1) is 0 Å². The normalized spacial score (nSPS) is 13.1. The predicted molar refractivity (Wildman–Crippen MR) is 70.0 cm³/mol. The quantitative estimate of drug-likeness (QED) is 0.789. The predicted octanol–water partition coefficient (Wildman–Crippen LogP) is 4.24. The van der Waals surface area contributed by atoms with Crippen molar-refractivity contribution in [3.05, 3.63) is 34.9 Å². The van der Waals surface area contributed by atoms with Crippen LogP contribution in [0.25, 0.3) is 0 Å². The molecule has 90 valence electrons. The molecule has 0 fully saturated rings. The molecule has 1 nitrogen and oxygen atoms in total. The zero-order chi connectivity index (χ0) is 12.0. The van der Waals surface area contributed by atoms with Crippen molar-refractivity contribution in [1.82, 2.24) is 0 Å². The standard InChI is InChI=1S/C14H21ClO/c1-3-11(4-2)9-12(10-16)13-7-5-6-8-14(13)15/h5-8,11-12,16H,3-4,9-10H2,1-2H3. The third-order valence-corrected chi connectivity index (χ3v) is 3.68. The number of rotatable bonds is 6. The van der Waals surface area contributed by atoms with Gasteiger partial charge >= 0.3 is 0 Å². The Hall–Kier alpha value is -0.530. The average Bonchev–Trinajstić information content (AvgIpc) is 2.32. The number of aliphatic hydroxyl groups excluding tert-OH is 1. The molecular weight excluding hydrogens is 220 g/mol. The summed E-state index contributed by atoms with van der Waals surface area (Å²) in [6, 6.07) is 7.83. The number of hydrogen-bond donors (Lipinski definition) is 1. The maximum Gasteiger partial charge on any atom is 0.0500 e. The Labute approximate surface area is 103 Å². The lowest BCUT2D eigenvalue weighted by Crippen LogP contribution is -2.10. The Morgan fingerprint density at radius 1 is 1.19 bits per heavy atom. The van der Waals surface area contributed by atoms with Crippen molar-refractivity contribution in [3.8, 4) is 0 Å². The number of aliphatic hydroxyl groups is 1. The van der Waals surface area contributed by atoms with E-state index in [9.17, 15) is 5.11 Å². The average molecular weight is 241 g/mol. The van der Waals surface area contributed by atoms with Crippen molar-refractivity contribution in [2.75, 3.05) is 6.61 Å². The topological polar surface area (TPSA) is 20.2 Å². The first-order chi connectivity index (χ1) is 7.72. The summed E-state index contributed by atoms with van der Waals surface area (Å²) in [5, 5.41) is 10.3. The molecular formula is C14H21ClO. The van der Waals surface area contributed by atoms with Crippen LogP contribution >= 0.6 is 11.6 Å². The van der Waals surface area contributed by atoms with Gasteiger partial charge in [0.15, 0.2) is 0 Å². The minimum absolute atomic E-state index is 0.179. The van der Waals surface area contributed by atoms with E-state index in [0.717, 1.165) is 29.8 Å². The van der Waals surface area contributed by atoms with E-state index in [1.54, 1.807) is 0 Å². The highest BCUT2D eigenvalue weighted by Gasteiger charge is 2.17. The summed E-state index contributed by atoms with van der Waals surface area (Å²) in [7, 11) is 0. The summed E-state index contributed by atoms with van der Waals surface area (Å²) in [5.74, 6) is 0.854. The highest BCUT2D eigenvalue weighted by atomic mass is 35.5. The van der Waals surface area contributed by atoms with Crippen LogP contribution < -0.4 is 0 Å². The summed E-state index contributed by atoms with van der Waals surface area (Å²) in [6.07, 6.45) is 3.35. The molecule has 0 aliphatic carbocycles. The molecule has 0 saturated carbocycles. The fraction of sp³-hybridized carbons (Fsp3) is 0.571. The van der Waals surface area contributed by atoms with Gasteiger partial charge in [-0.15, -0.1) is 0 Å². The fourth-order valence-electron chi connectivity index (χ4n) is 2.13. The van der Waals surface area contributed by atoms with Gasteiger partial charge in [-0.1, -0.05) is 56.5 Å². The molecule has 16 heavy (non-hydrogen) atoms. The first kappa shape index (κ1) is 13.5. The van der Waals surface area contributed by atoms with Gasteiger partial charge in [0.25, 0.3) is 0 Å². The van der Waals surface area contributed by atoms with Gasteiger partial charge in [-0.05, 0) is 24.0 Å². The highest BCUT2D eigenvalue weighted by Crippen LogP contribution is 2.31. The minimum Gasteiger partial charge on any atom is -0.396 e. The Morgan fingerprint density at radius 2 is 1.81 bits per heavy atom. The van der Waals surface area contributed by atoms with Crippen LogP contribution in [0.4, 0.5) is 0 Å². The van der Waals surface area contributed by atoms with Gasteiger partial charge in [0.2, 0.25) is 0 Å². The number of benzene rings is 1. The molecule has 0 aromatic heterocycles. The fourth-order valence-corrected chi connectivity index (χ4v) is 2.42. The monoisotopic (exact) mass is 240 g/mol. The molecule has 1 atom stereocenters. The minimum atomic E-state index is 0.179.